The van der Waals surface area contributed by atoms with Crippen molar-refractivity contribution in [3.63, 3.8) is 0 Å². The second-order valence-electron chi connectivity index (χ2n) is 9.24. The lowest BCUT2D eigenvalue weighted by Crippen LogP contribution is -2.38. The van der Waals surface area contributed by atoms with Gasteiger partial charge in [-0.25, -0.2) is 4.68 Å². The molecule has 0 aliphatic rings. The van der Waals surface area contributed by atoms with Gasteiger partial charge in [-0.15, -0.1) is 0 Å². The van der Waals surface area contributed by atoms with E-state index in [9.17, 15) is 5.11 Å². The number of hydrogen-bond acceptors (Lipinski definition) is 5. The average Bonchev–Trinajstić information content (AvgIpc) is 3.19. The molecule has 0 unspecified atom stereocenters. The summed E-state index contributed by atoms with van der Waals surface area (Å²) >= 11 is 0. The van der Waals surface area contributed by atoms with E-state index in [0.29, 0.717) is 36.9 Å². The number of aliphatic hydroxyl groups excluding tert-OH is 1. The SMILES string of the molecule is COc1ccccc1Oc1c(CN(C[C@@H](O)Cc2ccccc2)C(C)C)c(C)nn1-c1ccccc1. The van der Waals surface area contributed by atoms with Gasteiger partial charge in [0.15, 0.2) is 11.5 Å². The third kappa shape index (κ3) is 6.14. The highest BCUT2D eigenvalue weighted by atomic mass is 16.5. The maximum atomic E-state index is 10.9. The van der Waals surface area contributed by atoms with E-state index in [4.69, 9.17) is 14.6 Å². The molecule has 0 bridgehead atoms. The Balaban J connectivity index is 1.66. The molecule has 6 nitrogen and oxygen atoms in total. The van der Waals surface area contributed by atoms with Gasteiger partial charge in [-0.3, -0.25) is 4.90 Å². The fourth-order valence-corrected chi connectivity index (χ4v) is 4.26. The zero-order valence-corrected chi connectivity index (χ0v) is 21.5. The van der Waals surface area contributed by atoms with Crippen LogP contribution in [0.2, 0.25) is 0 Å². The molecule has 0 fully saturated rings. The topological polar surface area (TPSA) is 59.8 Å². The van der Waals surface area contributed by atoms with Gasteiger partial charge in [-0.1, -0.05) is 60.7 Å². The lowest BCUT2D eigenvalue weighted by Gasteiger charge is -2.29. The van der Waals surface area contributed by atoms with Gasteiger partial charge in [0.05, 0.1) is 30.2 Å². The van der Waals surface area contributed by atoms with Crippen LogP contribution in [-0.2, 0) is 13.0 Å². The van der Waals surface area contributed by atoms with Gasteiger partial charge in [0.1, 0.15) is 0 Å². The number of benzene rings is 3. The predicted octanol–water partition coefficient (Wildman–Crippen LogP) is 5.80. The van der Waals surface area contributed by atoms with Gasteiger partial charge in [0.2, 0.25) is 5.88 Å². The maximum absolute atomic E-state index is 10.9. The lowest BCUT2D eigenvalue weighted by atomic mass is 10.1. The fourth-order valence-electron chi connectivity index (χ4n) is 4.26. The molecule has 0 spiro atoms. The minimum absolute atomic E-state index is 0.217. The van der Waals surface area contributed by atoms with E-state index in [-0.39, 0.29) is 6.04 Å². The molecule has 0 saturated heterocycles. The molecule has 0 aliphatic carbocycles. The quantitative estimate of drug-likeness (QED) is 0.291. The van der Waals surface area contributed by atoms with Crippen molar-refractivity contribution in [2.24, 2.45) is 0 Å². The summed E-state index contributed by atoms with van der Waals surface area (Å²) in [6, 6.07) is 27.9. The van der Waals surface area contributed by atoms with Crippen LogP contribution in [0.1, 0.15) is 30.7 Å². The molecule has 4 rings (SSSR count). The van der Waals surface area contributed by atoms with Crippen molar-refractivity contribution >= 4 is 0 Å². The molecule has 188 valence electrons. The van der Waals surface area contributed by atoms with E-state index < -0.39 is 6.10 Å². The van der Waals surface area contributed by atoms with Gasteiger partial charge in [0, 0.05) is 19.1 Å². The molecular weight excluding hydrogens is 450 g/mol. The van der Waals surface area contributed by atoms with E-state index in [1.165, 1.54) is 0 Å². The Morgan fingerprint density at radius 1 is 0.889 bits per heavy atom. The predicted molar refractivity (Wildman–Crippen MR) is 143 cm³/mol. The highest BCUT2D eigenvalue weighted by molar-refractivity contribution is 5.47. The number of hydrogen-bond donors (Lipinski definition) is 1. The first-order chi connectivity index (χ1) is 17.5. The van der Waals surface area contributed by atoms with E-state index in [1.54, 1.807) is 7.11 Å². The van der Waals surface area contributed by atoms with Gasteiger partial charge >= 0.3 is 0 Å². The molecule has 0 aliphatic heterocycles. The van der Waals surface area contributed by atoms with Crippen molar-refractivity contribution < 1.29 is 14.6 Å². The van der Waals surface area contributed by atoms with Crippen molar-refractivity contribution in [2.75, 3.05) is 13.7 Å². The zero-order chi connectivity index (χ0) is 25.5. The van der Waals surface area contributed by atoms with E-state index in [0.717, 1.165) is 22.5 Å². The van der Waals surface area contributed by atoms with Crippen LogP contribution in [0, 0.1) is 6.92 Å². The van der Waals surface area contributed by atoms with Crippen LogP contribution < -0.4 is 9.47 Å². The van der Waals surface area contributed by atoms with Crippen molar-refractivity contribution in [2.45, 2.75) is 45.9 Å². The Morgan fingerprint density at radius 2 is 1.50 bits per heavy atom. The van der Waals surface area contributed by atoms with Crippen LogP contribution in [0.15, 0.2) is 84.9 Å². The maximum Gasteiger partial charge on any atom is 0.227 e. The molecule has 6 heteroatoms. The molecule has 0 amide bonds. The van der Waals surface area contributed by atoms with Crippen molar-refractivity contribution in [1.82, 2.24) is 14.7 Å². The summed E-state index contributed by atoms with van der Waals surface area (Å²) in [4.78, 5) is 2.27. The number of aromatic nitrogens is 2. The number of rotatable bonds is 11. The molecule has 1 heterocycles. The summed E-state index contributed by atoms with van der Waals surface area (Å²) in [5.41, 5.74) is 3.90. The summed E-state index contributed by atoms with van der Waals surface area (Å²) in [5.74, 6) is 1.92. The largest absolute Gasteiger partial charge is 0.493 e. The number of nitrogens with zero attached hydrogens (tertiary/aromatic N) is 3. The Bertz CT molecular complexity index is 1240. The Kier molecular flexibility index (Phi) is 8.41. The second-order valence-corrected chi connectivity index (χ2v) is 9.24. The molecule has 0 radical (unpaired) electrons. The van der Waals surface area contributed by atoms with Crippen LogP contribution in [0.25, 0.3) is 5.69 Å². The van der Waals surface area contributed by atoms with Crippen molar-refractivity contribution in [3.8, 4) is 23.1 Å². The first kappa shape index (κ1) is 25.5. The first-order valence-electron chi connectivity index (χ1n) is 12.4. The molecule has 3 aromatic carbocycles. The fraction of sp³-hybridized carbons (Fsp3) is 0.300. The summed E-state index contributed by atoms with van der Waals surface area (Å²) in [7, 11) is 1.64. The third-order valence-corrected chi connectivity index (χ3v) is 6.26. The summed E-state index contributed by atoms with van der Waals surface area (Å²) in [6.07, 6.45) is 0.120. The number of aryl methyl sites for hydroxylation is 1. The van der Waals surface area contributed by atoms with Crippen LogP contribution in [0.5, 0.6) is 17.4 Å². The summed E-state index contributed by atoms with van der Waals surface area (Å²) in [5, 5.41) is 15.8. The molecule has 4 aromatic rings. The molecule has 0 saturated carbocycles. The Morgan fingerprint density at radius 3 is 2.14 bits per heavy atom. The molecular formula is C30H35N3O3. The van der Waals surface area contributed by atoms with E-state index >= 15 is 0 Å². The third-order valence-electron chi connectivity index (χ3n) is 6.26. The van der Waals surface area contributed by atoms with Crippen LogP contribution in [-0.4, -0.2) is 45.6 Å². The molecule has 1 aromatic heterocycles. The van der Waals surface area contributed by atoms with Crippen molar-refractivity contribution in [1.29, 1.82) is 0 Å². The summed E-state index contributed by atoms with van der Waals surface area (Å²) in [6.45, 7) is 7.42. The summed E-state index contributed by atoms with van der Waals surface area (Å²) < 4.78 is 13.9. The molecule has 1 N–H and O–H groups in total. The molecule has 36 heavy (non-hydrogen) atoms. The molecule has 1 atom stereocenters. The van der Waals surface area contributed by atoms with Crippen molar-refractivity contribution in [3.05, 3.63) is 102 Å². The highest BCUT2D eigenvalue weighted by Gasteiger charge is 2.24. The normalized spacial score (nSPS) is 12.2. The monoisotopic (exact) mass is 485 g/mol. The van der Waals surface area contributed by atoms with Crippen LogP contribution in [0.4, 0.5) is 0 Å². The average molecular weight is 486 g/mol. The van der Waals surface area contributed by atoms with Gasteiger partial charge in [-0.05, 0) is 57.0 Å². The van der Waals surface area contributed by atoms with E-state index in [2.05, 4.69) is 30.9 Å². The van der Waals surface area contributed by atoms with Gasteiger partial charge < -0.3 is 14.6 Å². The standard InChI is InChI=1S/C30H35N3O3/c1-22(2)32(20-26(34)19-24-13-7-5-8-14-24)21-27-23(3)31-33(25-15-9-6-10-16-25)30(27)36-29-18-12-11-17-28(29)35-4/h5-18,22,26,34H,19-21H2,1-4H3/t26-/m0/s1. The first-order valence-corrected chi connectivity index (χ1v) is 12.4. The highest BCUT2D eigenvalue weighted by Crippen LogP contribution is 2.36. The van der Waals surface area contributed by atoms with Crippen LogP contribution >= 0.6 is 0 Å². The zero-order valence-electron chi connectivity index (χ0n) is 21.5. The smallest absolute Gasteiger partial charge is 0.227 e. The number of ether oxygens (including phenoxy) is 2. The Hall–Kier alpha value is -3.61. The number of para-hydroxylation sites is 3. The number of methoxy groups -OCH3 is 1. The second kappa shape index (κ2) is 11.9. The van der Waals surface area contributed by atoms with E-state index in [1.807, 2.05) is 84.4 Å². The number of aliphatic hydroxyl groups is 1. The van der Waals surface area contributed by atoms with Gasteiger partial charge in [0.25, 0.3) is 0 Å². The lowest BCUT2D eigenvalue weighted by molar-refractivity contribution is 0.0902. The minimum atomic E-state index is -0.488. The van der Waals surface area contributed by atoms with Gasteiger partial charge in [-0.2, -0.15) is 5.10 Å². The minimum Gasteiger partial charge on any atom is -0.493 e. The Labute approximate surface area is 213 Å². The van der Waals surface area contributed by atoms with Crippen LogP contribution in [0.3, 0.4) is 0 Å².